The average Bonchev–Trinajstić information content (AvgIpc) is 2.81. The second-order valence-corrected chi connectivity index (χ2v) is 4.40. The summed E-state index contributed by atoms with van der Waals surface area (Å²) < 4.78 is 4.80. The standard InChI is InChI=1S/C14H14N2O5/c1-2-21-14(20)11-7-12(17)16(15-11)8-9-3-5-10(6-4-9)13(18)19/h3-6H,2,7-8H2,1H3,(H,18,19). The van der Waals surface area contributed by atoms with Crippen LogP contribution in [0.4, 0.5) is 0 Å². The third kappa shape index (κ3) is 3.44. The van der Waals surface area contributed by atoms with E-state index in [1.54, 1.807) is 19.1 Å². The molecule has 0 aromatic heterocycles. The first kappa shape index (κ1) is 14.7. The monoisotopic (exact) mass is 290 g/mol. The lowest BCUT2D eigenvalue weighted by atomic mass is 10.1. The van der Waals surface area contributed by atoms with Gasteiger partial charge in [0, 0.05) is 0 Å². The maximum atomic E-state index is 11.8. The summed E-state index contributed by atoms with van der Waals surface area (Å²) in [6.45, 7) is 2.08. The van der Waals surface area contributed by atoms with Crippen LogP contribution in [0.15, 0.2) is 29.4 Å². The van der Waals surface area contributed by atoms with Crippen LogP contribution in [0, 0.1) is 0 Å². The van der Waals surface area contributed by atoms with Crippen molar-refractivity contribution in [1.82, 2.24) is 5.01 Å². The molecule has 110 valence electrons. The highest BCUT2D eigenvalue weighted by Crippen LogP contribution is 2.15. The van der Waals surface area contributed by atoms with E-state index >= 15 is 0 Å². The zero-order valence-electron chi connectivity index (χ0n) is 11.4. The molecular weight excluding hydrogens is 276 g/mol. The molecule has 1 aliphatic rings. The van der Waals surface area contributed by atoms with E-state index in [0.29, 0.717) is 0 Å². The van der Waals surface area contributed by atoms with E-state index in [-0.39, 0.29) is 36.8 Å². The molecular formula is C14H14N2O5. The normalized spacial score (nSPS) is 14.0. The van der Waals surface area contributed by atoms with E-state index in [1.807, 2.05) is 0 Å². The maximum absolute atomic E-state index is 11.8. The number of aromatic carboxylic acids is 1. The van der Waals surface area contributed by atoms with Gasteiger partial charge in [-0.2, -0.15) is 5.10 Å². The molecule has 1 aliphatic heterocycles. The smallest absolute Gasteiger partial charge is 0.355 e. The average molecular weight is 290 g/mol. The molecule has 0 fully saturated rings. The lowest BCUT2D eigenvalue weighted by molar-refractivity contribution is -0.135. The summed E-state index contributed by atoms with van der Waals surface area (Å²) in [5.41, 5.74) is 0.980. The van der Waals surface area contributed by atoms with E-state index in [0.717, 1.165) is 5.56 Å². The van der Waals surface area contributed by atoms with Gasteiger partial charge >= 0.3 is 11.9 Å². The Kier molecular flexibility index (Phi) is 4.32. The van der Waals surface area contributed by atoms with Gasteiger partial charge < -0.3 is 9.84 Å². The quantitative estimate of drug-likeness (QED) is 0.817. The van der Waals surface area contributed by atoms with Crippen LogP contribution in [0.1, 0.15) is 29.3 Å². The molecule has 2 rings (SSSR count). The van der Waals surface area contributed by atoms with Gasteiger partial charge in [-0.05, 0) is 24.6 Å². The molecule has 1 aromatic rings. The number of amides is 1. The molecule has 1 aromatic carbocycles. The third-order valence-corrected chi connectivity index (χ3v) is 2.89. The molecule has 7 heteroatoms. The first-order valence-electron chi connectivity index (χ1n) is 6.38. The topological polar surface area (TPSA) is 96.3 Å². The fourth-order valence-corrected chi connectivity index (χ4v) is 1.85. The summed E-state index contributed by atoms with van der Waals surface area (Å²) in [6, 6.07) is 6.12. The van der Waals surface area contributed by atoms with Crippen LogP contribution in [-0.4, -0.2) is 40.3 Å². The van der Waals surface area contributed by atoms with Crippen molar-refractivity contribution in [2.24, 2.45) is 5.10 Å². The number of hydrazone groups is 1. The van der Waals surface area contributed by atoms with Crippen molar-refractivity contribution in [2.75, 3.05) is 6.61 Å². The number of carboxylic acid groups (broad SMARTS) is 1. The Labute approximate surface area is 120 Å². The number of carbonyl (C=O) groups excluding carboxylic acids is 2. The number of carbonyl (C=O) groups is 3. The van der Waals surface area contributed by atoms with Gasteiger partial charge in [0.05, 0.1) is 25.1 Å². The van der Waals surface area contributed by atoms with Gasteiger partial charge in [0.15, 0.2) is 5.71 Å². The molecule has 0 aliphatic carbocycles. The highest BCUT2D eigenvalue weighted by Gasteiger charge is 2.29. The molecule has 21 heavy (non-hydrogen) atoms. The summed E-state index contributed by atoms with van der Waals surface area (Å²) in [7, 11) is 0. The lowest BCUT2D eigenvalue weighted by Crippen LogP contribution is -2.20. The summed E-state index contributed by atoms with van der Waals surface area (Å²) in [5, 5.41) is 13.9. The van der Waals surface area contributed by atoms with E-state index in [2.05, 4.69) is 5.10 Å². The van der Waals surface area contributed by atoms with Crippen LogP contribution in [-0.2, 0) is 20.9 Å². The number of hydrogen-bond donors (Lipinski definition) is 1. The highest BCUT2D eigenvalue weighted by atomic mass is 16.5. The Hall–Kier alpha value is -2.70. The predicted molar refractivity (Wildman–Crippen MR) is 72.6 cm³/mol. The lowest BCUT2D eigenvalue weighted by Gasteiger charge is -2.11. The molecule has 0 atom stereocenters. The van der Waals surface area contributed by atoms with E-state index in [4.69, 9.17) is 9.84 Å². The van der Waals surface area contributed by atoms with Gasteiger partial charge in [-0.15, -0.1) is 0 Å². The maximum Gasteiger partial charge on any atom is 0.355 e. The van der Waals surface area contributed by atoms with Crippen molar-refractivity contribution in [3.63, 3.8) is 0 Å². The molecule has 0 saturated heterocycles. The van der Waals surface area contributed by atoms with Crippen molar-refractivity contribution >= 4 is 23.6 Å². The number of ether oxygens (including phenoxy) is 1. The van der Waals surface area contributed by atoms with Crippen molar-refractivity contribution in [3.8, 4) is 0 Å². The fraction of sp³-hybridized carbons (Fsp3) is 0.286. The summed E-state index contributed by atoms with van der Waals surface area (Å²) in [6.07, 6.45) is -0.0773. The molecule has 1 amide bonds. The molecule has 1 N–H and O–H groups in total. The Morgan fingerprint density at radius 1 is 1.33 bits per heavy atom. The van der Waals surface area contributed by atoms with E-state index < -0.39 is 11.9 Å². The molecule has 0 unspecified atom stereocenters. The minimum atomic E-state index is -1.01. The van der Waals surface area contributed by atoms with Crippen LogP contribution < -0.4 is 0 Å². The number of nitrogens with zero attached hydrogens (tertiary/aromatic N) is 2. The first-order valence-corrected chi connectivity index (χ1v) is 6.38. The zero-order valence-corrected chi connectivity index (χ0v) is 11.4. The molecule has 0 spiro atoms. The van der Waals surface area contributed by atoms with Crippen molar-refractivity contribution in [1.29, 1.82) is 0 Å². The summed E-state index contributed by atoms with van der Waals surface area (Å²) in [5.74, 6) is -1.89. The van der Waals surface area contributed by atoms with Gasteiger partial charge in [-0.3, -0.25) is 4.79 Å². The second kappa shape index (κ2) is 6.17. The largest absolute Gasteiger partial charge is 0.478 e. The van der Waals surface area contributed by atoms with Crippen molar-refractivity contribution in [2.45, 2.75) is 19.9 Å². The first-order chi connectivity index (χ1) is 10.0. The zero-order chi connectivity index (χ0) is 15.4. The van der Waals surface area contributed by atoms with Crippen LogP contribution in [0.5, 0.6) is 0 Å². The second-order valence-electron chi connectivity index (χ2n) is 4.40. The Balaban J connectivity index is 2.07. The molecule has 7 nitrogen and oxygen atoms in total. The van der Waals surface area contributed by atoms with Crippen LogP contribution in [0.3, 0.4) is 0 Å². The van der Waals surface area contributed by atoms with Gasteiger partial charge in [-0.1, -0.05) is 12.1 Å². The molecule has 0 saturated carbocycles. The van der Waals surface area contributed by atoms with Crippen LogP contribution >= 0.6 is 0 Å². The van der Waals surface area contributed by atoms with E-state index in [1.165, 1.54) is 17.1 Å². The third-order valence-electron chi connectivity index (χ3n) is 2.89. The van der Waals surface area contributed by atoms with Crippen molar-refractivity contribution < 1.29 is 24.2 Å². The van der Waals surface area contributed by atoms with Gasteiger partial charge in [-0.25, -0.2) is 14.6 Å². The molecule has 1 heterocycles. The highest BCUT2D eigenvalue weighted by molar-refractivity contribution is 6.41. The van der Waals surface area contributed by atoms with Crippen LogP contribution in [0.2, 0.25) is 0 Å². The number of hydrogen-bond acceptors (Lipinski definition) is 5. The van der Waals surface area contributed by atoms with Crippen molar-refractivity contribution in [3.05, 3.63) is 35.4 Å². The van der Waals surface area contributed by atoms with E-state index in [9.17, 15) is 14.4 Å². The number of carboxylic acids is 1. The number of esters is 1. The Bertz CT molecular complexity index is 606. The minimum Gasteiger partial charge on any atom is -0.478 e. The Morgan fingerprint density at radius 3 is 2.57 bits per heavy atom. The van der Waals surface area contributed by atoms with Gasteiger partial charge in [0.2, 0.25) is 5.91 Å². The van der Waals surface area contributed by atoms with Crippen LogP contribution in [0.25, 0.3) is 0 Å². The Morgan fingerprint density at radius 2 is 2.00 bits per heavy atom. The van der Waals surface area contributed by atoms with Gasteiger partial charge in [0.25, 0.3) is 0 Å². The number of benzene rings is 1. The number of rotatable bonds is 5. The molecule has 0 bridgehead atoms. The SMILES string of the molecule is CCOC(=O)C1=NN(Cc2ccc(C(=O)O)cc2)C(=O)C1. The predicted octanol–water partition coefficient (Wildman–Crippen LogP) is 1.04. The molecule has 0 radical (unpaired) electrons. The van der Waals surface area contributed by atoms with Gasteiger partial charge in [0.1, 0.15) is 0 Å². The summed E-state index contributed by atoms with van der Waals surface area (Å²) >= 11 is 0. The minimum absolute atomic E-state index is 0.0773. The fourth-order valence-electron chi connectivity index (χ4n) is 1.85. The summed E-state index contributed by atoms with van der Waals surface area (Å²) in [4.78, 5) is 34.0.